The molecule has 2 heterocycles. The number of nitrogens with zero attached hydrogens (tertiary/aromatic N) is 2. The topological polar surface area (TPSA) is 89.1 Å². The number of nitrogens with two attached hydrogens (primary N) is 1. The number of carboxylic acids is 1. The van der Waals surface area contributed by atoms with E-state index in [0.29, 0.717) is 10.2 Å². The standard InChI is InChI=1S/C7H5N3O2S/c8-5-4-3(7(11)12)1-13-6(4)10-2-9-5/h1-2H,(H,11,12)(H2,8,9,10). The Kier molecular flexibility index (Phi) is 1.63. The van der Waals surface area contributed by atoms with Crippen LogP contribution in [0.5, 0.6) is 0 Å². The predicted octanol–water partition coefficient (Wildman–Crippen LogP) is 0.972. The lowest BCUT2D eigenvalue weighted by atomic mass is 10.2. The third kappa shape index (κ3) is 1.11. The molecule has 0 saturated carbocycles. The van der Waals surface area contributed by atoms with Gasteiger partial charge in [0.25, 0.3) is 0 Å². The first-order chi connectivity index (χ1) is 6.20. The zero-order valence-electron chi connectivity index (χ0n) is 6.39. The van der Waals surface area contributed by atoms with Crippen molar-refractivity contribution in [3.63, 3.8) is 0 Å². The van der Waals surface area contributed by atoms with Crippen LogP contribution in [0.1, 0.15) is 10.4 Å². The van der Waals surface area contributed by atoms with Gasteiger partial charge < -0.3 is 10.8 Å². The summed E-state index contributed by atoms with van der Waals surface area (Å²) in [6.07, 6.45) is 1.32. The third-order valence-corrected chi connectivity index (χ3v) is 2.52. The molecule has 0 aliphatic carbocycles. The van der Waals surface area contributed by atoms with Crippen LogP contribution in [0.2, 0.25) is 0 Å². The highest BCUT2D eigenvalue weighted by molar-refractivity contribution is 7.17. The lowest BCUT2D eigenvalue weighted by Crippen LogP contribution is -1.98. The second-order valence-corrected chi connectivity index (χ2v) is 3.25. The van der Waals surface area contributed by atoms with Gasteiger partial charge in [-0.1, -0.05) is 0 Å². The fraction of sp³-hybridized carbons (Fsp3) is 0. The van der Waals surface area contributed by atoms with Crippen molar-refractivity contribution in [3.05, 3.63) is 17.3 Å². The van der Waals surface area contributed by atoms with Crippen molar-refractivity contribution in [2.45, 2.75) is 0 Å². The zero-order chi connectivity index (χ0) is 9.42. The van der Waals surface area contributed by atoms with E-state index in [9.17, 15) is 4.79 Å². The van der Waals surface area contributed by atoms with Gasteiger partial charge >= 0.3 is 5.97 Å². The molecule has 0 fully saturated rings. The molecule has 0 saturated heterocycles. The minimum absolute atomic E-state index is 0.165. The molecule has 6 heteroatoms. The van der Waals surface area contributed by atoms with E-state index in [-0.39, 0.29) is 11.4 Å². The normalized spacial score (nSPS) is 10.5. The molecule has 3 N–H and O–H groups in total. The van der Waals surface area contributed by atoms with Crippen LogP contribution in [0.15, 0.2) is 11.7 Å². The molecule has 0 spiro atoms. The van der Waals surface area contributed by atoms with E-state index in [2.05, 4.69) is 9.97 Å². The maximum Gasteiger partial charge on any atom is 0.337 e. The van der Waals surface area contributed by atoms with Crippen LogP contribution in [-0.2, 0) is 0 Å². The molecule has 0 unspecified atom stereocenters. The quantitative estimate of drug-likeness (QED) is 0.707. The smallest absolute Gasteiger partial charge is 0.337 e. The predicted molar refractivity (Wildman–Crippen MR) is 48.8 cm³/mol. The summed E-state index contributed by atoms with van der Waals surface area (Å²) < 4.78 is 0. The van der Waals surface area contributed by atoms with E-state index in [1.165, 1.54) is 23.0 Å². The summed E-state index contributed by atoms with van der Waals surface area (Å²) in [5, 5.41) is 10.7. The summed E-state index contributed by atoms with van der Waals surface area (Å²) in [7, 11) is 0. The first-order valence-corrected chi connectivity index (χ1v) is 4.29. The number of hydrogen-bond donors (Lipinski definition) is 2. The highest BCUT2D eigenvalue weighted by Crippen LogP contribution is 2.27. The molecule has 0 amide bonds. The molecule has 2 aromatic rings. The number of fused-ring (bicyclic) bond motifs is 1. The minimum atomic E-state index is -1.01. The molecule has 2 aromatic heterocycles. The molecule has 13 heavy (non-hydrogen) atoms. The number of carbonyl (C=O) groups is 1. The Morgan fingerprint density at radius 2 is 2.31 bits per heavy atom. The van der Waals surface area contributed by atoms with Crippen molar-refractivity contribution in [1.29, 1.82) is 0 Å². The first-order valence-electron chi connectivity index (χ1n) is 3.41. The van der Waals surface area contributed by atoms with Crippen LogP contribution < -0.4 is 5.73 Å². The average Bonchev–Trinajstić information content (AvgIpc) is 2.49. The molecule has 0 atom stereocenters. The van der Waals surface area contributed by atoms with Crippen molar-refractivity contribution in [1.82, 2.24) is 9.97 Å². The Labute approximate surface area is 76.9 Å². The fourth-order valence-corrected chi connectivity index (χ4v) is 1.94. The van der Waals surface area contributed by atoms with Gasteiger partial charge in [0.15, 0.2) is 0 Å². The molecule has 0 aromatic carbocycles. The van der Waals surface area contributed by atoms with E-state index < -0.39 is 5.97 Å². The van der Waals surface area contributed by atoms with Crippen LogP contribution in [0.25, 0.3) is 10.2 Å². The van der Waals surface area contributed by atoms with E-state index in [0.717, 1.165) is 0 Å². The fourth-order valence-electron chi connectivity index (χ4n) is 1.06. The van der Waals surface area contributed by atoms with Gasteiger partial charge in [0.05, 0.1) is 10.9 Å². The molecule has 2 rings (SSSR count). The highest BCUT2D eigenvalue weighted by Gasteiger charge is 2.14. The summed E-state index contributed by atoms with van der Waals surface area (Å²) in [4.78, 5) is 19.0. The Morgan fingerprint density at radius 3 is 3.00 bits per heavy atom. The Bertz CT molecular complexity index is 480. The summed E-state index contributed by atoms with van der Waals surface area (Å²) in [5.41, 5.74) is 5.70. The van der Waals surface area contributed by atoms with E-state index >= 15 is 0 Å². The van der Waals surface area contributed by atoms with Crippen molar-refractivity contribution in [2.24, 2.45) is 0 Å². The van der Waals surface area contributed by atoms with E-state index in [1.54, 1.807) is 0 Å². The number of anilines is 1. The number of carboxylic acid groups (broad SMARTS) is 1. The van der Waals surface area contributed by atoms with Crippen LogP contribution in [0.3, 0.4) is 0 Å². The van der Waals surface area contributed by atoms with Crippen LogP contribution >= 0.6 is 11.3 Å². The molecule has 0 aliphatic rings. The lowest BCUT2D eigenvalue weighted by molar-refractivity contribution is 0.0699. The molecule has 5 nitrogen and oxygen atoms in total. The van der Waals surface area contributed by atoms with E-state index in [4.69, 9.17) is 10.8 Å². The lowest BCUT2D eigenvalue weighted by Gasteiger charge is -1.94. The van der Waals surface area contributed by atoms with Crippen LogP contribution in [0.4, 0.5) is 5.82 Å². The number of aromatic carboxylic acids is 1. The number of hydrogen-bond acceptors (Lipinski definition) is 5. The van der Waals surface area contributed by atoms with Crippen molar-refractivity contribution in [2.75, 3.05) is 5.73 Å². The third-order valence-electron chi connectivity index (χ3n) is 1.63. The molecular formula is C7H5N3O2S. The van der Waals surface area contributed by atoms with E-state index in [1.807, 2.05) is 0 Å². The molecule has 66 valence electrons. The van der Waals surface area contributed by atoms with Crippen molar-refractivity contribution >= 4 is 33.3 Å². The summed E-state index contributed by atoms with van der Waals surface area (Å²) in [5.74, 6) is -0.795. The second-order valence-electron chi connectivity index (χ2n) is 2.39. The van der Waals surface area contributed by atoms with Gasteiger partial charge in [0, 0.05) is 5.38 Å². The Hall–Kier alpha value is -1.69. The maximum atomic E-state index is 10.7. The summed E-state index contributed by atoms with van der Waals surface area (Å²) in [6, 6.07) is 0. The van der Waals surface area contributed by atoms with Gasteiger partial charge in [-0.25, -0.2) is 14.8 Å². The second kappa shape index (κ2) is 2.67. The van der Waals surface area contributed by atoms with Crippen molar-refractivity contribution in [3.8, 4) is 0 Å². The maximum absolute atomic E-state index is 10.7. The number of thiophene rings is 1. The Morgan fingerprint density at radius 1 is 1.54 bits per heavy atom. The van der Waals surface area contributed by atoms with Crippen LogP contribution in [-0.4, -0.2) is 21.0 Å². The van der Waals surface area contributed by atoms with Crippen molar-refractivity contribution < 1.29 is 9.90 Å². The van der Waals surface area contributed by atoms with Crippen LogP contribution in [0, 0.1) is 0 Å². The largest absolute Gasteiger partial charge is 0.478 e. The van der Waals surface area contributed by atoms with Gasteiger partial charge in [0.1, 0.15) is 17.0 Å². The molecular weight excluding hydrogens is 190 g/mol. The van der Waals surface area contributed by atoms with Gasteiger partial charge in [0.2, 0.25) is 0 Å². The first kappa shape index (κ1) is 7.93. The highest BCUT2D eigenvalue weighted by atomic mass is 32.1. The molecule has 0 aliphatic heterocycles. The monoisotopic (exact) mass is 195 g/mol. The van der Waals surface area contributed by atoms with Gasteiger partial charge in [-0.2, -0.15) is 0 Å². The molecule has 0 bridgehead atoms. The van der Waals surface area contributed by atoms with Gasteiger partial charge in [-0.05, 0) is 0 Å². The van der Waals surface area contributed by atoms with Gasteiger partial charge in [-0.15, -0.1) is 11.3 Å². The zero-order valence-corrected chi connectivity index (χ0v) is 7.21. The number of aromatic nitrogens is 2. The SMILES string of the molecule is Nc1ncnc2scc(C(=O)O)c12. The minimum Gasteiger partial charge on any atom is -0.478 e. The number of rotatable bonds is 1. The average molecular weight is 195 g/mol. The Balaban J connectivity index is 2.86. The van der Waals surface area contributed by atoms with Gasteiger partial charge in [-0.3, -0.25) is 0 Å². The molecule has 0 radical (unpaired) electrons. The summed E-state index contributed by atoms with van der Waals surface area (Å²) in [6.45, 7) is 0. The number of nitrogen functional groups attached to an aromatic ring is 1. The summed E-state index contributed by atoms with van der Waals surface area (Å²) >= 11 is 1.24.